The molecule has 3 nitrogen and oxygen atoms in total. The van der Waals surface area contributed by atoms with Crippen LogP contribution >= 0.6 is 0 Å². The van der Waals surface area contributed by atoms with Crippen molar-refractivity contribution in [3.8, 4) is 16.8 Å². The van der Waals surface area contributed by atoms with Crippen molar-refractivity contribution in [2.75, 3.05) is 13.2 Å². The van der Waals surface area contributed by atoms with Gasteiger partial charge >= 0.3 is 0 Å². The fraction of sp³-hybridized carbons (Fsp3) is 0.302. The van der Waals surface area contributed by atoms with Gasteiger partial charge in [0.2, 0.25) is 0 Å². The van der Waals surface area contributed by atoms with E-state index in [0.717, 1.165) is 32.3 Å². The van der Waals surface area contributed by atoms with Crippen LogP contribution in [0.15, 0.2) is 115 Å². The first-order valence-corrected chi connectivity index (χ1v) is 17.2. The Morgan fingerprint density at radius 3 is 2.35 bits per heavy atom. The topological polar surface area (TPSA) is 26.7 Å². The average Bonchev–Trinajstić information content (AvgIpc) is 3.67. The molecule has 1 aliphatic carbocycles. The minimum Gasteiger partial charge on any atom is -0.375 e. The molecule has 46 heavy (non-hydrogen) atoms. The SMILES string of the molecule is CCCC1(COC(CC)C(CC)c2cccc(C3c4ccccc4-c4ccc5c(c43)c3ccccc3n5-c3ccccc3)c2)CO1. The normalized spacial score (nSPS) is 19.7. The van der Waals surface area contributed by atoms with Crippen molar-refractivity contribution in [1.82, 2.24) is 4.57 Å². The second kappa shape index (κ2) is 11.9. The van der Waals surface area contributed by atoms with Crippen molar-refractivity contribution in [2.45, 2.75) is 70.0 Å². The van der Waals surface area contributed by atoms with E-state index in [2.05, 4.69) is 141 Å². The first-order chi connectivity index (χ1) is 22.7. The maximum atomic E-state index is 6.68. The highest BCUT2D eigenvalue weighted by Crippen LogP contribution is 2.53. The summed E-state index contributed by atoms with van der Waals surface area (Å²) in [5.41, 5.74) is 11.9. The van der Waals surface area contributed by atoms with Gasteiger partial charge in [-0.3, -0.25) is 0 Å². The van der Waals surface area contributed by atoms with Crippen LogP contribution in [0.4, 0.5) is 0 Å². The summed E-state index contributed by atoms with van der Waals surface area (Å²) >= 11 is 0. The van der Waals surface area contributed by atoms with Crippen LogP contribution in [0.2, 0.25) is 0 Å². The van der Waals surface area contributed by atoms with Crippen LogP contribution in [-0.2, 0) is 9.47 Å². The molecule has 1 fully saturated rings. The van der Waals surface area contributed by atoms with Gasteiger partial charge in [0, 0.05) is 28.3 Å². The molecule has 1 saturated heterocycles. The Hall–Kier alpha value is -4.18. The number of hydrogen-bond donors (Lipinski definition) is 0. The number of nitrogens with zero attached hydrogens (tertiary/aromatic N) is 1. The summed E-state index contributed by atoms with van der Waals surface area (Å²) in [5, 5.41) is 2.66. The summed E-state index contributed by atoms with van der Waals surface area (Å²) < 4.78 is 15.0. The molecule has 2 heterocycles. The summed E-state index contributed by atoms with van der Waals surface area (Å²) in [6.45, 7) is 8.33. The van der Waals surface area contributed by atoms with Gasteiger partial charge in [-0.25, -0.2) is 0 Å². The van der Waals surface area contributed by atoms with Crippen molar-refractivity contribution >= 4 is 21.8 Å². The maximum absolute atomic E-state index is 6.68. The van der Waals surface area contributed by atoms with Crippen molar-refractivity contribution < 1.29 is 9.47 Å². The van der Waals surface area contributed by atoms with Gasteiger partial charge in [0.05, 0.1) is 30.4 Å². The van der Waals surface area contributed by atoms with E-state index in [4.69, 9.17) is 9.47 Å². The standard InChI is InChI=1S/C43H43NO2/c1-4-25-43(28-46-43)27-45-39(6-3)32(5-2)29-15-14-16-30(26-29)40-34-20-11-10-19-33(34)35-23-24-38-41(42(35)40)36-21-12-13-22-37(36)44(38)31-17-8-7-9-18-31/h7-24,26,32,39-40H,4-6,25,27-28H2,1-3H3. The van der Waals surface area contributed by atoms with Crippen molar-refractivity contribution in [3.63, 3.8) is 0 Å². The third-order valence-corrected chi connectivity index (χ3v) is 10.5. The Morgan fingerprint density at radius 1 is 0.783 bits per heavy atom. The summed E-state index contributed by atoms with van der Waals surface area (Å²) in [6.07, 6.45) is 4.39. The van der Waals surface area contributed by atoms with E-state index in [9.17, 15) is 0 Å². The lowest BCUT2D eigenvalue weighted by molar-refractivity contribution is -0.00257. The molecule has 1 aliphatic heterocycles. The first-order valence-electron chi connectivity index (χ1n) is 17.2. The maximum Gasteiger partial charge on any atom is 0.115 e. The molecule has 4 atom stereocenters. The van der Waals surface area contributed by atoms with E-state index in [0.29, 0.717) is 12.5 Å². The van der Waals surface area contributed by atoms with Crippen LogP contribution in [-0.4, -0.2) is 29.5 Å². The summed E-state index contributed by atoms with van der Waals surface area (Å²) in [5.74, 6) is 0.477. The number of para-hydroxylation sites is 2. The Morgan fingerprint density at radius 2 is 1.57 bits per heavy atom. The highest BCUT2D eigenvalue weighted by Gasteiger charge is 2.45. The molecule has 0 radical (unpaired) electrons. The minimum atomic E-state index is -0.0517. The lowest BCUT2D eigenvalue weighted by Gasteiger charge is -2.28. The Balaban J connectivity index is 1.27. The van der Waals surface area contributed by atoms with Gasteiger partial charge < -0.3 is 14.0 Å². The number of hydrogen-bond acceptors (Lipinski definition) is 2. The van der Waals surface area contributed by atoms with Crippen LogP contribution in [0.25, 0.3) is 38.6 Å². The highest BCUT2D eigenvalue weighted by molar-refractivity contribution is 6.14. The smallest absolute Gasteiger partial charge is 0.115 e. The third kappa shape index (κ3) is 4.80. The molecule has 6 aromatic rings. The molecule has 5 aromatic carbocycles. The van der Waals surface area contributed by atoms with E-state index < -0.39 is 0 Å². The third-order valence-electron chi connectivity index (χ3n) is 10.5. The number of fused-ring (bicyclic) bond motifs is 7. The molecular weight excluding hydrogens is 562 g/mol. The number of epoxide rings is 1. The lowest BCUT2D eigenvalue weighted by Crippen LogP contribution is -2.28. The summed E-state index contributed by atoms with van der Waals surface area (Å²) in [6, 6.07) is 42.9. The molecule has 3 heteroatoms. The second-order valence-corrected chi connectivity index (χ2v) is 13.3. The van der Waals surface area contributed by atoms with Crippen LogP contribution in [0.1, 0.15) is 80.5 Å². The number of aromatic nitrogens is 1. The molecule has 0 bridgehead atoms. The summed E-state index contributed by atoms with van der Waals surface area (Å²) in [7, 11) is 0. The van der Waals surface area contributed by atoms with Gasteiger partial charge in [0.1, 0.15) is 5.60 Å². The molecule has 1 aromatic heterocycles. The fourth-order valence-corrected chi connectivity index (χ4v) is 8.29. The zero-order valence-electron chi connectivity index (χ0n) is 27.2. The Labute approximate surface area is 272 Å². The van der Waals surface area contributed by atoms with E-state index in [-0.39, 0.29) is 17.6 Å². The van der Waals surface area contributed by atoms with Gasteiger partial charge in [0.25, 0.3) is 0 Å². The number of benzene rings is 5. The summed E-state index contributed by atoms with van der Waals surface area (Å²) in [4.78, 5) is 0. The quantitative estimate of drug-likeness (QED) is 0.137. The molecule has 0 spiro atoms. The largest absolute Gasteiger partial charge is 0.375 e. The van der Waals surface area contributed by atoms with Crippen LogP contribution < -0.4 is 0 Å². The number of rotatable bonds is 11. The van der Waals surface area contributed by atoms with Gasteiger partial charge in [-0.2, -0.15) is 0 Å². The monoisotopic (exact) mass is 605 g/mol. The van der Waals surface area contributed by atoms with E-state index in [1.165, 1.54) is 60.9 Å². The second-order valence-electron chi connectivity index (χ2n) is 13.3. The Kier molecular flexibility index (Phi) is 7.55. The lowest BCUT2D eigenvalue weighted by atomic mass is 9.83. The predicted molar refractivity (Wildman–Crippen MR) is 190 cm³/mol. The molecule has 232 valence electrons. The van der Waals surface area contributed by atoms with E-state index >= 15 is 0 Å². The molecule has 0 amide bonds. The first kappa shape index (κ1) is 29.2. The van der Waals surface area contributed by atoms with Gasteiger partial charge in [-0.15, -0.1) is 0 Å². The molecule has 0 N–H and O–H groups in total. The molecule has 4 unspecified atom stereocenters. The zero-order chi connectivity index (χ0) is 31.3. The van der Waals surface area contributed by atoms with Crippen LogP contribution in [0.3, 0.4) is 0 Å². The predicted octanol–water partition coefficient (Wildman–Crippen LogP) is 10.8. The Bertz CT molecular complexity index is 2020. The van der Waals surface area contributed by atoms with E-state index in [1.54, 1.807) is 0 Å². The van der Waals surface area contributed by atoms with Gasteiger partial charge in [0.15, 0.2) is 0 Å². The molecule has 8 rings (SSSR count). The van der Waals surface area contributed by atoms with E-state index in [1.807, 2.05) is 0 Å². The van der Waals surface area contributed by atoms with Gasteiger partial charge in [-0.1, -0.05) is 118 Å². The molecule has 2 aliphatic rings. The fourth-order valence-electron chi connectivity index (χ4n) is 8.29. The van der Waals surface area contributed by atoms with Crippen molar-refractivity contribution in [1.29, 1.82) is 0 Å². The van der Waals surface area contributed by atoms with Crippen LogP contribution in [0, 0.1) is 0 Å². The van der Waals surface area contributed by atoms with Crippen LogP contribution in [0.5, 0.6) is 0 Å². The van der Waals surface area contributed by atoms with Crippen molar-refractivity contribution in [2.24, 2.45) is 0 Å². The number of ether oxygens (including phenoxy) is 2. The zero-order valence-corrected chi connectivity index (χ0v) is 27.2. The molecular formula is C43H43NO2. The highest BCUT2D eigenvalue weighted by atomic mass is 16.6. The van der Waals surface area contributed by atoms with Crippen molar-refractivity contribution in [3.05, 3.63) is 138 Å². The minimum absolute atomic E-state index is 0.0517. The molecule has 0 saturated carbocycles. The average molecular weight is 606 g/mol. The van der Waals surface area contributed by atoms with Gasteiger partial charge in [-0.05, 0) is 76.9 Å².